The van der Waals surface area contributed by atoms with Crippen molar-refractivity contribution in [2.24, 2.45) is 11.3 Å². The van der Waals surface area contributed by atoms with Crippen molar-refractivity contribution in [3.8, 4) is 0 Å². The molecule has 0 aromatic carbocycles. The number of halogens is 1. The Morgan fingerprint density at radius 2 is 1.83 bits per heavy atom. The molecule has 0 radical (unpaired) electrons. The molecule has 0 bridgehead atoms. The summed E-state index contributed by atoms with van der Waals surface area (Å²) in [5.41, 5.74) is 0.0670. The highest BCUT2D eigenvalue weighted by atomic mass is 79.9. The summed E-state index contributed by atoms with van der Waals surface area (Å²) in [5.74, 6) is 0.680. The summed E-state index contributed by atoms with van der Waals surface area (Å²) in [6.45, 7) is 6.79. The molecule has 1 rings (SSSR count). The summed E-state index contributed by atoms with van der Waals surface area (Å²) in [5, 5.41) is 0. The van der Waals surface area contributed by atoms with Gasteiger partial charge < -0.3 is 0 Å². The van der Waals surface area contributed by atoms with Crippen LogP contribution in [0.15, 0.2) is 0 Å². The lowest BCUT2D eigenvalue weighted by Gasteiger charge is -2.27. The first kappa shape index (κ1) is 16.4. The van der Waals surface area contributed by atoms with Gasteiger partial charge in [-0.15, -0.1) is 0 Å². The molecule has 0 heterocycles. The molecule has 1 aliphatic rings. The van der Waals surface area contributed by atoms with Crippen molar-refractivity contribution in [1.29, 1.82) is 0 Å². The van der Waals surface area contributed by atoms with E-state index in [1.807, 2.05) is 0 Å². The summed E-state index contributed by atoms with van der Waals surface area (Å²) in [6.07, 6.45) is 5.45. The standard InChI is InChI=1S/C13H26BrNO2S/c1-13(2,3)8-9-18(16,17)15-10-11-6-4-5-7-12(11)14/h11-12,15H,4-10H2,1-3H3. The van der Waals surface area contributed by atoms with Crippen molar-refractivity contribution in [3.05, 3.63) is 0 Å². The first-order chi connectivity index (χ1) is 8.20. The highest BCUT2D eigenvalue weighted by Crippen LogP contribution is 2.29. The average Bonchev–Trinajstić information content (AvgIpc) is 2.25. The Morgan fingerprint density at radius 1 is 1.22 bits per heavy atom. The first-order valence-corrected chi connectivity index (χ1v) is 9.38. The zero-order chi connectivity index (χ0) is 13.8. The van der Waals surface area contributed by atoms with Gasteiger partial charge in [0.05, 0.1) is 5.75 Å². The predicted octanol–water partition coefficient (Wildman–Crippen LogP) is 3.30. The number of hydrogen-bond donors (Lipinski definition) is 1. The smallest absolute Gasteiger partial charge is 0.211 e. The second-order valence-corrected chi connectivity index (χ2v) is 9.64. The second-order valence-electron chi connectivity index (χ2n) is 6.54. The summed E-state index contributed by atoms with van der Waals surface area (Å²) >= 11 is 3.66. The van der Waals surface area contributed by atoms with E-state index in [4.69, 9.17) is 0 Å². The van der Waals surface area contributed by atoms with E-state index in [1.165, 1.54) is 12.8 Å². The second kappa shape index (κ2) is 6.71. The summed E-state index contributed by atoms with van der Waals surface area (Å²) < 4.78 is 26.6. The molecule has 1 N–H and O–H groups in total. The van der Waals surface area contributed by atoms with Crippen molar-refractivity contribution in [2.45, 2.75) is 57.7 Å². The molecule has 2 atom stereocenters. The van der Waals surface area contributed by atoms with Crippen molar-refractivity contribution in [2.75, 3.05) is 12.3 Å². The van der Waals surface area contributed by atoms with Crippen LogP contribution in [0.3, 0.4) is 0 Å². The van der Waals surface area contributed by atoms with Gasteiger partial charge in [0.2, 0.25) is 10.0 Å². The lowest BCUT2D eigenvalue weighted by Crippen LogP contribution is -2.36. The van der Waals surface area contributed by atoms with Gasteiger partial charge in [-0.25, -0.2) is 13.1 Å². The molecule has 1 fully saturated rings. The van der Waals surface area contributed by atoms with Gasteiger partial charge in [0.25, 0.3) is 0 Å². The first-order valence-electron chi connectivity index (χ1n) is 6.81. The minimum Gasteiger partial charge on any atom is -0.215 e. The monoisotopic (exact) mass is 339 g/mol. The largest absolute Gasteiger partial charge is 0.215 e. The van der Waals surface area contributed by atoms with E-state index in [-0.39, 0.29) is 11.2 Å². The molecule has 0 aliphatic heterocycles. The molecule has 1 saturated carbocycles. The van der Waals surface area contributed by atoms with Crippen LogP contribution in [0.25, 0.3) is 0 Å². The molecule has 5 heteroatoms. The average molecular weight is 340 g/mol. The SMILES string of the molecule is CC(C)(C)CCS(=O)(=O)NCC1CCCCC1Br. The van der Waals surface area contributed by atoms with Crippen molar-refractivity contribution >= 4 is 26.0 Å². The van der Waals surface area contributed by atoms with Crippen molar-refractivity contribution in [3.63, 3.8) is 0 Å². The third-order valence-corrected chi connectivity index (χ3v) is 6.06. The van der Waals surface area contributed by atoms with Crippen LogP contribution in [-0.2, 0) is 10.0 Å². The van der Waals surface area contributed by atoms with Gasteiger partial charge in [0, 0.05) is 11.4 Å². The van der Waals surface area contributed by atoms with Gasteiger partial charge in [0.15, 0.2) is 0 Å². The summed E-state index contributed by atoms with van der Waals surface area (Å²) in [4.78, 5) is 0.469. The van der Waals surface area contributed by atoms with Gasteiger partial charge in [0.1, 0.15) is 0 Å². The van der Waals surface area contributed by atoms with E-state index in [1.54, 1.807) is 0 Å². The minimum atomic E-state index is -3.11. The van der Waals surface area contributed by atoms with Crippen molar-refractivity contribution in [1.82, 2.24) is 4.72 Å². The number of hydrogen-bond acceptors (Lipinski definition) is 2. The lowest BCUT2D eigenvalue weighted by atomic mass is 9.89. The third kappa shape index (κ3) is 6.53. The fourth-order valence-electron chi connectivity index (χ4n) is 2.14. The van der Waals surface area contributed by atoms with Gasteiger partial charge in [-0.05, 0) is 30.6 Å². The molecule has 0 spiro atoms. The molecule has 3 nitrogen and oxygen atoms in total. The van der Waals surface area contributed by atoms with Gasteiger partial charge >= 0.3 is 0 Å². The maximum Gasteiger partial charge on any atom is 0.211 e. The molecule has 1 aliphatic carbocycles. The van der Waals surface area contributed by atoms with E-state index in [0.717, 1.165) is 12.8 Å². The maximum absolute atomic E-state index is 11.9. The van der Waals surface area contributed by atoms with Crippen LogP contribution in [0, 0.1) is 11.3 Å². The Balaban J connectivity index is 2.36. The van der Waals surface area contributed by atoms with E-state index in [2.05, 4.69) is 41.4 Å². The number of alkyl halides is 1. The highest BCUT2D eigenvalue weighted by Gasteiger charge is 2.24. The molecule has 0 aromatic heterocycles. The van der Waals surface area contributed by atoms with Crippen LogP contribution in [-0.4, -0.2) is 25.5 Å². The summed E-state index contributed by atoms with van der Waals surface area (Å²) in [6, 6.07) is 0. The molecule has 2 unspecified atom stereocenters. The van der Waals surface area contributed by atoms with E-state index < -0.39 is 10.0 Å². The maximum atomic E-state index is 11.9. The van der Waals surface area contributed by atoms with E-state index in [0.29, 0.717) is 23.7 Å². The number of sulfonamides is 1. The Bertz CT molecular complexity index is 348. The van der Waals surface area contributed by atoms with Crippen LogP contribution in [0.4, 0.5) is 0 Å². The Hall–Kier alpha value is 0.390. The Labute approximate surface area is 120 Å². The molecule has 0 amide bonds. The van der Waals surface area contributed by atoms with Gasteiger partial charge in [-0.2, -0.15) is 0 Å². The topological polar surface area (TPSA) is 46.2 Å². The van der Waals surface area contributed by atoms with E-state index in [9.17, 15) is 8.42 Å². The van der Waals surface area contributed by atoms with E-state index >= 15 is 0 Å². The Morgan fingerprint density at radius 3 is 2.39 bits per heavy atom. The van der Waals surface area contributed by atoms with Crippen molar-refractivity contribution < 1.29 is 8.42 Å². The zero-order valence-electron chi connectivity index (χ0n) is 11.7. The van der Waals surface area contributed by atoms with Crippen LogP contribution in [0.5, 0.6) is 0 Å². The van der Waals surface area contributed by atoms with Gasteiger partial charge in [-0.3, -0.25) is 0 Å². The lowest BCUT2D eigenvalue weighted by molar-refractivity contribution is 0.371. The molecular weight excluding hydrogens is 314 g/mol. The molecule has 18 heavy (non-hydrogen) atoms. The predicted molar refractivity (Wildman–Crippen MR) is 80.5 cm³/mol. The van der Waals surface area contributed by atoms with Crippen LogP contribution >= 0.6 is 15.9 Å². The number of nitrogens with one attached hydrogen (secondary N) is 1. The van der Waals surface area contributed by atoms with Crippen LogP contribution in [0.1, 0.15) is 52.9 Å². The number of rotatable bonds is 5. The fraction of sp³-hybridized carbons (Fsp3) is 1.00. The van der Waals surface area contributed by atoms with Crippen LogP contribution in [0.2, 0.25) is 0 Å². The van der Waals surface area contributed by atoms with Gasteiger partial charge in [-0.1, -0.05) is 49.5 Å². The molecule has 0 saturated heterocycles. The molecule has 0 aromatic rings. The van der Waals surface area contributed by atoms with Crippen LogP contribution < -0.4 is 4.72 Å². The minimum absolute atomic E-state index is 0.0670. The fourth-order valence-corrected chi connectivity index (χ4v) is 4.41. The normalized spacial score (nSPS) is 26.2. The quantitative estimate of drug-likeness (QED) is 0.781. The zero-order valence-corrected chi connectivity index (χ0v) is 14.1. The highest BCUT2D eigenvalue weighted by molar-refractivity contribution is 9.09. The molecule has 108 valence electrons. The Kier molecular flexibility index (Phi) is 6.13. The summed E-state index contributed by atoms with van der Waals surface area (Å²) in [7, 11) is -3.11. The third-order valence-electron chi connectivity index (χ3n) is 3.50. The molecular formula is C13H26BrNO2S.